The lowest BCUT2D eigenvalue weighted by molar-refractivity contribution is 0.173. The Morgan fingerprint density at radius 1 is 0.594 bits per heavy atom. The zero-order valence-electron chi connectivity index (χ0n) is 16.9. The first kappa shape index (κ1) is 19.3. The van der Waals surface area contributed by atoms with E-state index in [2.05, 4.69) is 12.1 Å². The number of hydrogen-bond acceptors (Lipinski definition) is 6. The minimum atomic E-state index is 0.204. The van der Waals surface area contributed by atoms with Gasteiger partial charge in [0.25, 0.3) is 0 Å². The van der Waals surface area contributed by atoms with Crippen molar-refractivity contribution in [1.82, 2.24) is 0 Å². The fraction of sp³-hybridized carbons (Fsp3) is 0.0769. The van der Waals surface area contributed by atoms with Crippen LogP contribution >= 0.6 is 0 Å². The summed E-state index contributed by atoms with van der Waals surface area (Å²) in [6.07, 6.45) is 3.59. The Labute approximate surface area is 184 Å². The molecular weight excluding hydrogens is 404 g/mol. The summed E-state index contributed by atoms with van der Waals surface area (Å²) in [7, 11) is 0. The van der Waals surface area contributed by atoms with Crippen molar-refractivity contribution in [2.24, 2.45) is 0 Å². The van der Waals surface area contributed by atoms with Crippen LogP contribution in [0.25, 0.3) is 23.3 Å². The van der Waals surface area contributed by atoms with Crippen LogP contribution in [0.2, 0.25) is 0 Å². The highest BCUT2D eigenvalue weighted by Crippen LogP contribution is 2.35. The van der Waals surface area contributed by atoms with Crippen molar-refractivity contribution in [3.63, 3.8) is 0 Å². The highest BCUT2D eigenvalue weighted by molar-refractivity contribution is 5.92. The summed E-state index contributed by atoms with van der Waals surface area (Å²) in [5.41, 5.74) is 4.22. The van der Waals surface area contributed by atoms with Gasteiger partial charge in [-0.3, -0.25) is 0 Å². The van der Waals surface area contributed by atoms with Gasteiger partial charge in [0.2, 0.25) is 13.6 Å². The Morgan fingerprint density at radius 3 is 1.41 bits per heavy atom. The van der Waals surface area contributed by atoms with Gasteiger partial charge >= 0.3 is 0 Å². The third kappa shape index (κ3) is 3.74. The average molecular weight is 420 g/mol. The molecule has 0 N–H and O–H groups in total. The molecule has 154 valence electrons. The number of hydrogen-bond donors (Lipinski definition) is 0. The molecule has 3 aromatic carbocycles. The summed E-state index contributed by atoms with van der Waals surface area (Å²) >= 11 is 0. The van der Waals surface area contributed by atoms with Crippen LogP contribution < -0.4 is 18.9 Å². The van der Waals surface area contributed by atoms with Gasteiger partial charge in [-0.2, -0.15) is 10.5 Å². The van der Waals surface area contributed by atoms with Crippen LogP contribution in [-0.4, -0.2) is 13.6 Å². The number of fused-ring (bicyclic) bond motifs is 2. The van der Waals surface area contributed by atoms with Gasteiger partial charge in [0.15, 0.2) is 23.0 Å². The maximum Gasteiger partial charge on any atom is 0.231 e. The van der Waals surface area contributed by atoms with E-state index in [9.17, 15) is 10.5 Å². The first-order valence-electron chi connectivity index (χ1n) is 9.87. The smallest absolute Gasteiger partial charge is 0.231 e. The molecule has 32 heavy (non-hydrogen) atoms. The second-order valence-electron chi connectivity index (χ2n) is 7.14. The lowest BCUT2D eigenvalue weighted by atomic mass is 9.98. The molecule has 6 nitrogen and oxygen atoms in total. The predicted octanol–water partition coefficient (Wildman–Crippen LogP) is 5.27. The molecule has 0 amide bonds. The maximum atomic E-state index is 9.67. The van der Waals surface area contributed by atoms with Crippen LogP contribution in [0.3, 0.4) is 0 Å². The van der Waals surface area contributed by atoms with E-state index < -0.39 is 0 Å². The number of rotatable bonds is 4. The van der Waals surface area contributed by atoms with Gasteiger partial charge in [0.05, 0.1) is 23.3 Å². The molecule has 2 aliphatic rings. The molecule has 5 rings (SSSR count). The first-order chi connectivity index (χ1) is 15.7. The van der Waals surface area contributed by atoms with Gasteiger partial charge in [0.1, 0.15) is 0 Å². The van der Waals surface area contributed by atoms with Crippen LogP contribution in [0.5, 0.6) is 23.0 Å². The van der Waals surface area contributed by atoms with Crippen LogP contribution in [0.1, 0.15) is 22.3 Å². The molecule has 6 heteroatoms. The molecule has 0 saturated carbocycles. The Kier molecular flexibility index (Phi) is 4.95. The van der Waals surface area contributed by atoms with Crippen molar-refractivity contribution in [3.8, 4) is 35.1 Å². The second-order valence-corrected chi connectivity index (χ2v) is 7.14. The summed E-state index contributed by atoms with van der Waals surface area (Å²) in [5.74, 6) is 2.73. The Balaban J connectivity index is 1.41. The van der Waals surface area contributed by atoms with Crippen molar-refractivity contribution in [2.45, 2.75) is 0 Å². The molecule has 0 aromatic heterocycles. The third-order valence-corrected chi connectivity index (χ3v) is 5.16. The highest BCUT2D eigenvalue weighted by atomic mass is 16.7. The summed E-state index contributed by atoms with van der Waals surface area (Å²) < 4.78 is 21.5. The first-order valence-corrected chi connectivity index (χ1v) is 9.87. The third-order valence-electron chi connectivity index (χ3n) is 5.16. The molecule has 2 aliphatic heterocycles. The number of ether oxygens (including phenoxy) is 4. The largest absolute Gasteiger partial charge is 0.454 e. The van der Waals surface area contributed by atoms with Crippen molar-refractivity contribution >= 4 is 23.3 Å². The standard InChI is InChI=1S/C26H16N2O4/c27-13-21(9-17-1-7-23-25(11-17)31-15-29-23)19-3-5-20(6-4-19)22(14-28)10-18-2-8-24-26(12-18)32-16-30-24/h1-12H,15-16H2. The van der Waals surface area contributed by atoms with Crippen molar-refractivity contribution in [1.29, 1.82) is 10.5 Å². The molecule has 0 aliphatic carbocycles. The number of nitriles is 2. The van der Waals surface area contributed by atoms with Gasteiger partial charge in [0, 0.05) is 0 Å². The van der Waals surface area contributed by atoms with Gasteiger partial charge in [-0.25, -0.2) is 0 Å². The summed E-state index contributed by atoms with van der Waals surface area (Å²) in [6.45, 7) is 0.409. The molecule has 3 aromatic rings. The Morgan fingerprint density at radius 2 is 1.00 bits per heavy atom. The number of allylic oxidation sites excluding steroid dienone is 2. The topological polar surface area (TPSA) is 84.5 Å². The van der Waals surface area contributed by atoms with E-state index in [1.54, 1.807) is 12.2 Å². The fourth-order valence-electron chi connectivity index (χ4n) is 3.53. The molecule has 0 spiro atoms. The number of nitrogens with zero attached hydrogens (tertiary/aromatic N) is 2. The van der Waals surface area contributed by atoms with E-state index in [1.165, 1.54) is 0 Å². The molecule has 0 saturated heterocycles. The fourth-order valence-corrected chi connectivity index (χ4v) is 3.53. The van der Waals surface area contributed by atoms with Crippen molar-refractivity contribution in [3.05, 3.63) is 82.9 Å². The minimum absolute atomic E-state index is 0.204. The Bertz CT molecular complexity index is 1240. The summed E-state index contributed by atoms with van der Waals surface area (Å²) in [5, 5.41) is 19.3. The van der Waals surface area contributed by atoms with Gasteiger partial charge in [-0.15, -0.1) is 0 Å². The monoisotopic (exact) mass is 420 g/mol. The van der Waals surface area contributed by atoms with E-state index in [0.29, 0.717) is 34.1 Å². The second kappa shape index (κ2) is 8.22. The highest BCUT2D eigenvalue weighted by Gasteiger charge is 2.14. The van der Waals surface area contributed by atoms with Gasteiger partial charge < -0.3 is 18.9 Å². The van der Waals surface area contributed by atoms with Gasteiger partial charge in [-0.05, 0) is 58.7 Å². The van der Waals surface area contributed by atoms with Crippen molar-refractivity contribution < 1.29 is 18.9 Å². The predicted molar refractivity (Wildman–Crippen MR) is 119 cm³/mol. The molecule has 0 unspecified atom stereocenters. The molecule has 0 atom stereocenters. The van der Waals surface area contributed by atoms with E-state index in [4.69, 9.17) is 18.9 Å². The zero-order chi connectivity index (χ0) is 21.9. The maximum absolute atomic E-state index is 9.67. The van der Waals surface area contributed by atoms with Crippen LogP contribution in [-0.2, 0) is 0 Å². The molecule has 0 bridgehead atoms. The molecule has 0 radical (unpaired) electrons. The lowest BCUT2D eigenvalue weighted by Gasteiger charge is -2.05. The minimum Gasteiger partial charge on any atom is -0.454 e. The Hall–Kier alpha value is -4.68. The van der Waals surface area contributed by atoms with Crippen molar-refractivity contribution in [2.75, 3.05) is 13.6 Å². The zero-order valence-corrected chi connectivity index (χ0v) is 16.9. The van der Waals surface area contributed by atoms with Crippen LogP contribution in [0, 0.1) is 22.7 Å². The van der Waals surface area contributed by atoms with Crippen LogP contribution in [0.4, 0.5) is 0 Å². The normalized spacial score (nSPS) is 14.1. The van der Waals surface area contributed by atoms with E-state index >= 15 is 0 Å². The van der Waals surface area contributed by atoms with E-state index in [0.717, 1.165) is 22.3 Å². The summed E-state index contributed by atoms with van der Waals surface area (Å²) in [4.78, 5) is 0. The molecular formula is C26H16N2O4. The van der Waals surface area contributed by atoms with Gasteiger partial charge in [-0.1, -0.05) is 36.4 Å². The quantitative estimate of drug-likeness (QED) is 0.422. The SMILES string of the molecule is N#CC(=Cc1ccc2c(c1)OCO2)c1ccc(C(C#N)=Cc2ccc3c(c2)OCO3)cc1. The van der Waals surface area contributed by atoms with E-state index in [1.807, 2.05) is 60.7 Å². The van der Waals surface area contributed by atoms with Crippen LogP contribution in [0.15, 0.2) is 60.7 Å². The van der Waals surface area contributed by atoms with E-state index in [-0.39, 0.29) is 13.6 Å². The molecule has 0 fully saturated rings. The lowest BCUT2D eigenvalue weighted by Crippen LogP contribution is -1.92. The molecule has 2 heterocycles. The number of benzene rings is 3. The summed E-state index contributed by atoms with van der Waals surface area (Å²) in [6, 6.07) is 22.9. The average Bonchev–Trinajstić information content (AvgIpc) is 3.49.